The minimum Gasteiger partial charge on any atom is -0.340 e. The minimum atomic E-state index is -3.77. The van der Waals surface area contributed by atoms with E-state index in [1.165, 1.54) is 49.7 Å². The number of hydrogen-bond acceptors (Lipinski definition) is 2. The molecule has 2 heterocycles. The lowest BCUT2D eigenvalue weighted by Gasteiger charge is -2.27. The Morgan fingerprint density at radius 3 is 2.40 bits per heavy atom. The topological polar surface area (TPSA) is 42.3 Å². The normalized spacial score (nSPS) is 14.9. The Balaban J connectivity index is 1.51. The number of rotatable bonds is 5. The maximum absolute atomic E-state index is 13.8. The number of nitrogens with zero attached hydrogens (tertiary/aromatic N) is 2. The zero-order chi connectivity index (χ0) is 24.7. The molecule has 4 aromatic rings. The molecule has 4 nitrogen and oxygen atoms in total. The second-order valence-electron chi connectivity index (χ2n) is 9.24. The van der Waals surface area contributed by atoms with Gasteiger partial charge in [0.15, 0.2) is 0 Å². The number of benzene rings is 3. The van der Waals surface area contributed by atoms with E-state index < -0.39 is 15.8 Å². The fraction of sp³-hybridized carbons (Fsp3) is 0.241. The van der Waals surface area contributed by atoms with Crippen LogP contribution in [0.25, 0.3) is 16.5 Å². The lowest BCUT2D eigenvalue weighted by atomic mass is 9.97. The van der Waals surface area contributed by atoms with Crippen LogP contribution in [-0.4, -0.2) is 30.4 Å². The number of fused-ring (bicyclic) bond motifs is 1. The maximum Gasteiger partial charge on any atom is 0.243 e. The summed E-state index contributed by atoms with van der Waals surface area (Å²) in [5, 5.41) is 1.18. The van der Waals surface area contributed by atoms with Crippen LogP contribution in [-0.2, 0) is 16.6 Å². The third kappa shape index (κ3) is 4.21. The average molecular weight is 489 g/mol. The fourth-order valence-electron chi connectivity index (χ4n) is 5.08. The van der Waals surface area contributed by atoms with Crippen LogP contribution in [0.5, 0.6) is 0 Å². The highest BCUT2D eigenvalue weighted by Gasteiger charge is 2.29. The quantitative estimate of drug-likeness (QED) is 0.334. The van der Waals surface area contributed by atoms with Crippen molar-refractivity contribution in [1.29, 1.82) is 0 Å². The Kier molecular flexibility index (Phi) is 6.11. The highest BCUT2D eigenvalue weighted by Crippen LogP contribution is 2.36. The molecule has 0 bridgehead atoms. The van der Waals surface area contributed by atoms with Crippen molar-refractivity contribution >= 4 is 26.5 Å². The van der Waals surface area contributed by atoms with Gasteiger partial charge in [-0.15, -0.1) is 0 Å². The summed E-state index contributed by atoms with van der Waals surface area (Å²) in [6.45, 7) is 7.39. The summed E-state index contributed by atoms with van der Waals surface area (Å²) >= 11 is 0. The van der Waals surface area contributed by atoms with Crippen LogP contribution in [0.15, 0.2) is 77.7 Å². The average Bonchev–Trinajstić information content (AvgIpc) is 3.13. The lowest BCUT2D eigenvalue weighted by molar-refractivity contribution is 0.440. The summed E-state index contributed by atoms with van der Waals surface area (Å²) in [4.78, 5) is 0.0420. The van der Waals surface area contributed by atoms with Crippen molar-refractivity contribution in [2.45, 2.75) is 38.6 Å². The number of para-hydroxylation sites is 1. The second kappa shape index (κ2) is 9.10. The van der Waals surface area contributed by atoms with Crippen molar-refractivity contribution in [3.63, 3.8) is 0 Å². The molecule has 6 heteroatoms. The van der Waals surface area contributed by atoms with Crippen LogP contribution in [0.4, 0.5) is 4.39 Å². The second-order valence-corrected chi connectivity index (χ2v) is 11.1. The van der Waals surface area contributed by atoms with Crippen molar-refractivity contribution in [2.75, 3.05) is 13.1 Å². The van der Waals surface area contributed by atoms with Crippen molar-refractivity contribution < 1.29 is 12.8 Å². The molecule has 0 N–H and O–H groups in total. The van der Waals surface area contributed by atoms with Gasteiger partial charge in [-0.3, -0.25) is 0 Å². The van der Waals surface area contributed by atoms with Gasteiger partial charge in [0.1, 0.15) is 5.82 Å². The summed E-state index contributed by atoms with van der Waals surface area (Å²) in [6.07, 6.45) is 2.62. The third-order valence-electron chi connectivity index (χ3n) is 7.08. The van der Waals surface area contributed by atoms with Crippen molar-refractivity contribution in [3.8, 4) is 0 Å². The van der Waals surface area contributed by atoms with Crippen LogP contribution in [0, 0.1) is 26.6 Å². The molecule has 3 aromatic carbocycles. The van der Waals surface area contributed by atoms with Gasteiger partial charge < -0.3 is 4.57 Å². The summed E-state index contributed by atoms with van der Waals surface area (Å²) in [6, 6.07) is 20.8. The zero-order valence-electron chi connectivity index (χ0n) is 20.3. The molecule has 5 rings (SSSR count). The lowest BCUT2D eigenvalue weighted by Crippen LogP contribution is -2.35. The van der Waals surface area contributed by atoms with Gasteiger partial charge in [0.2, 0.25) is 10.0 Å². The van der Waals surface area contributed by atoms with Gasteiger partial charge in [-0.2, -0.15) is 4.31 Å². The van der Waals surface area contributed by atoms with Crippen molar-refractivity contribution in [2.24, 2.45) is 0 Å². The number of aromatic nitrogens is 1. The van der Waals surface area contributed by atoms with Crippen LogP contribution >= 0.6 is 0 Å². The number of halogens is 1. The Morgan fingerprint density at radius 2 is 1.66 bits per heavy atom. The van der Waals surface area contributed by atoms with E-state index >= 15 is 0 Å². The maximum atomic E-state index is 13.8. The van der Waals surface area contributed by atoms with Crippen LogP contribution in [0.3, 0.4) is 0 Å². The standard InChI is InChI=1S/C29H29FN2O2S/c1-20-8-4-5-9-24(20)19-32-22(3)29(26-10-6-7-11-27(26)32)23-14-16-31(17-15-23)35(33,34)28-18-25(30)13-12-21(28)2/h4-14,18H,15-17,19H2,1-3H3. The van der Waals surface area contributed by atoms with Crippen LogP contribution in [0.2, 0.25) is 0 Å². The SMILES string of the molecule is Cc1ccccc1Cn1c(C)c(C2=CCN(S(=O)(=O)c3cc(F)ccc3C)CC2)c2ccccc21. The summed E-state index contributed by atoms with van der Waals surface area (Å²) in [5.74, 6) is -0.542. The van der Waals surface area contributed by atoms with E-state index in [0.717, 1.165) is 18.2 Å². The molecule has 0 radical (unpaired) electrons. The molecule has 0 aliphatic carbocycles. The summed E-state index contributed by atoms with van der Waals surface area (Å²) in [7, 11) is -3.77. The van der Waals surface area contributed by atoms with Crippen molar-refractivity contribution in [1.82, 2.24) is 8.87 Å². The molecule has 180 valence electrons. The molecule has 35 heavy (non-hydrogen) atoms. The van der Waals surface area contributed by atoms with Gasteiger partial charge >= 0.3 is 0 Å². The first-order chi connectivity index (χ1) is 16.8. The largest absolute Gasteiger partial charge is 0.340 e. The van der Waals surface area contributed by atoms with E-state index in [0.29, 0.717) is 18.5 Å². The molecule has 1 aliphatic rings. The third-order valence-corrected chi connectivity index (χ3v) is 9.09. The Bertz CT molecular complexity index is 1570. The highest BCUT2D eigenvalue weighted by molar-refractivity contribution is 7.89. The van der Waals surface area contributed by atoms with E-state index in [9.17, 15) is 12.8 Å². The molecular formula is C29H29FN2O2S. The number of aryl methyl sites for hydroxylation is 2. The van der Waals surface area contributed by atoms with Gasteiger partial charge in [-0.05, 0) is 67.7 Å². The van der Waals surface area contributed by atoms with E-state index in [-0.39, 0.29) is 11.4 Å². The fourth-order valence-corrected chi connectivity index (χ4v) is 6.70. The van der Waals surface area contributed by atoms with Gasteiger partial charge in [-0.1, -0.05) is 54.6 Å². The first kappa shape index (κ1) is 23.5. The van der Waals surface area contributed by atoms with Crippen molar-refractivity contribution in [3.05, 3.63) is 107 Å². The molecule has 0 spiro atoms. The molecule has 0 atom stereocenters. The Hall–Kier alpha value is -3.22. The van der Waals surface area contributed by atoms with E-state index in [2.05, 4.69) is 66.9 Å². The predicted molar refractivity (Wildman–Crippen MR) is 139 cm³/mol. The van der Waals surface area contributed by atoms with Gasteiger partial charge in [-0.25, -0.2) is 12.8 Å². The molecule has 0 amide bonds. The summed E-state index contributed by atoms with van der Waals surface area (Å²) in [5.41, 5.74) is 7.79. The first-order valence-corrected chi connectivity index (χ1v) is 13.3. The molecule has 0 saturated carbocycles. The van der Waals surface area contributed by atoms with Gasteiger partial charge in [0.25, 0.3) is 0 Å². The highest BCUT2D eigenvalue weighted by atomic mass is 32.2. The summed E-state index contributed by atoms with van der Waals surface area (Å²) < 4.78 is 44.1. The van der Waals surface area contributed by atoms with Gasteiger partial charge in [0, 0.05) is 41.8 Å². The van der Waals surface area contributed by atoms with Crippen LogP contribution < -0.4 is 0 Å². The van der Waals surface area contributed by atoms with E-state index in [1.54, 1.807) is 6.92 Å². The van der Waals surface area contributed by atoms with E-state index in [1.807, 2.05) is 6.08 Å². The number of hydrogen-bond donors (Lipinski definition) is 0. The molecule has 1 aromatic heterocycles. The Labute approximate surface area is 206 Å². The minimum absolute atomic E-state index is 0.0420. The Morgan fingerprint density at radius 1 is 0.914 bits per heavy atom. The predicted octanol–water partition coefficient (Wildman–Crippen LogP) is 6.23. The molecular weight excluding hydrogens is 459 g/mol. The number of sulfonamides is 1. The van der Waals surface area contributed by atoms with E-state index in [4.69, 9.17) is 0 Å². The molecule has 0 saturated heterocycles. The van der Waals surface area contributed by atoms with Gasteiger partial charge in [0.05, 0.1) is 4.90 Å². The first-order valence-electron chi connectivity index (χ1n) is 11.9. The molecule has 0 fully saturated rings. The molecule has 0 unspecified atom stereocenters. The molecule has 1 aliphatic heterocycles. The monoisotopic (exact) mass is 488 g/mol. The zero-order valence-corrected chi connectivity index (χ0v) is 21.1. The smallest absolute Gasteiger partial charge is 0.243 e. The van der Waals surface area contributed by atoms with Crippen LogP contribution in [0.1, 0.15) is 34.4 Å².